The quantitative estimate of drug-likeness (QED) is 0.947. The van der Waals surface area contributed by atoms with Crippen LogP contribution in [-0.4, -0.2) is 41.3 Å². The second kappa shape index (κ2) is 6.08. The van der Waals surface area contributed by atoms with Gasteiger partial charge in [0.1, 0.15) is 0 Å². The van der Waals surface area contributed by atoms with Gasteiger partial charge in [0.2, 0.25) is 0 Å². The topological polar surface area (TPSA) is 35.2 Å². The molecule has 0 bridgehead atoms. The van der Waals surface area contributed by atoms with Gasteiger partial charge in [0.05, 0.1) is 17.1 Å². The molecule has 2 heterocycles. The number of rotatable bonds is 3. The zero-order valence-corrected chi connectivity index (χ0v) is 13.3. The minimum atomic E-state index is 0.862. The van der Waals surface area contributed by atoms with E-state index in [-0.39, 0.29) is 0 Å². The average Bonchev–Trinajstić information content (AvgIpc) is 2.82. The first-order valence-corrected chi connectivity index (χ1v) is 7.75. The van der Waals surface area contributed by atoms with Crippen LogP contribution in [0.2, 0.25) is 5.02 Å². The van der Waals surface area contributed by atoms with Crippen LogP contribution in [0.3, 0.4) is 0 Å². The van der Waals surface area contributed by atoms with E-state index in [1.807, 2.05) is 12.1 Å². The van der Waals surface area contributed by atoms with Gasteiger partial charge in [-0.1, -0.05) is 29.8 Å². The highest BCUT2D eigenvalue weighted by Gasteiger charge is 2.21. The molecule has 0 radical (unpaired) electrons. The molecular weight excluding hydrogens is 284 g/mol. The molecule has 1 fully saturated rings. The van der Waals surface area contributed by atoms with Crippen molar-refractivity contribution in [3.63, 3.8) is 0 Å². The molecule has 4 nitrogen and oxygen atoms in total. The van der Waals surface area contributed by atoms with Crippen molar-refractivity contribution in [2.24, 2.45) is 0 Å². The molecular formula is C16H21ClN4. The molecule has 1 saturated heterocycles. The number of aromatic nitrogens is 2. The molecule has 1 N–H and O–H groups in total. The zero-order chi connectivity index (χ0) is 14.8. The van der Waals surface area contributed by atoms with Crippen LogP contribution in [0.25, 0.3) is 0 Å². The van der Waals surface area contributed by atoms with Gasteiger partial charge in [-0.15, -0.1) is 0 Å². The van der Waals surface area contributed by atoms with E-state index >= 15 is 0 Å². The first-order valence-electron chi connectivity index (χ1n) is 7.37. The second-order valence-corrected chi connectivity index (χ2v) is 6.04. The van der Waals surface area contributed by atoms with Gasteiger partial charge in [-0.2, -0.15) is 5.10 Å². The number of nitrogens with one attached hydrogen (secondary N) is 1. The fourth-order valence-electron chi connectivity index (χ4n) is 3.01. The maximum atomic E-state index is 6.25. The standard InChI is InChI=1S/C16H21ClN4/c1-12-16(13(2)19-18-12)21-9-7-20(8-10-21)11-14-5-3-4-6-15(14)17/h3-6H,7-11H2,1-2H3,(H,18,19). The molecule has 2 aromatic rings. The number of hydrogen-bond donors (Lipinski definition) is 1. The Kier molecular flexibility index (Phi) is 4.17. The maximum Gasteiger partial charge on any atom is 0.0827 e. The van der Waals surface area contributed by atoms with Crippen molar-refractivity contribution in [1.82, 2.24) is 15.1 Å². The van der Waals surface area contributed by atoms with Gasteiger partial charge < -0.3 is 4.90 Å². The summed E-state index contributed by atoms with van der Waals surface area (Å²) in [5.74, 6) is 0. The first-order chi connectivity index (χ1) is 10.1. The van der Waals surface area contributed by atoms with E-state index in [2.05, 4.69) is 46.0 Å². The highest BCUT2D eigenvalue weighted by molar-refractivity contribution is 6.31. The molecule has 21 heavy (non-hydrogen) atoms. The maximum absolute atomic E-state index is 6.25. The number of benzene rings is 1. The number of hydrogen-bond acceptors (Lipinski definition) is 3. The van der Waals surface area contributed by atoms with Gasteiger partial charge in [-0.25, -0.2) is 0 Å². The lowest BCUT2D eigenvalue weighted by molar-refractivity contribution is 0.250. The fourth-order valence-corrected chi connectivity index (χ4v) is 3.20. The molecule has 1 aromatic heterocycles. The lowest BCUT2D eigenvalue weighted by Crippen LogP contribution is -2.46. The Bertz CT molecular complexity index is 595. The summed E-state index contributed by atoms with van der Waals surface area (Å²) in [6.07, 6.45) is 0. The molecule has 1 aromatic carbocycles. The summed E-state index contributed by atoms with van der Waals surface area (Å²) in [6.45, 7) is 9.25. The molecule has 1 aliphatic heterocycles. The van der Waals surface area contributed by atoms with Crippen molar-refractivity contribution in [2.75, 3.05) is 31.1 Å². The van der Waals surface area contributed by atoms with E-state index in [1.165, 1.54) is 11.3 Å². The van der Waals surface area contributed by atoms with Gasteiger partial charge in [0.15, 0.2) is 0 Å². The van der Waals surface area contributed by atoms with Crippen molar-refractivity contribution >= 4 is 17.3 Å². The van der Waals surface area contributed by atoms with E-state index in [1.54, 1.807) is 0 Å². The van der Waals surface area contributed by atoms with Crippen molar-refractivity contribution in [3.8, 4) is 0 Å². The number of aryl methyl sites for hydroxylation is 2. The Morgan fingerprint density at radius 3 is 2.48 bits per heavy atom. The summed E-state index contributed by atoms with van der Waals surface area (Å²) >= 11 is 6.25. The molecule has 0 aliphatic carbocycles. The monoisotopic (exact) mass is 304 g/mol. The smallest absolute Gasteiger partial charge is 0.0827 e. The number of nitrogens with zero attached hydrogens (tertiary/aromatic N) is 3. The number of piperazine rings is 1. The summed E-state index contributed by atoms with van der Waals surface area (Å²) < 4.78 is 0. The van der Waals surface area contributed by atoms with Gasteiger partial charge in [-0.3, -0.25) is 10.00 Å². The predicted molar refractivity (Wildman–Crippen MR) is 87.0 cm³/mol. The Morgan fingerprint density at radius 1 is 1.14 bits per heavy atom. The van der Waals surface area contributed by atoms with Gasteiger partial charge >= 0.3 is 0 Å². The minimum absolute atomic E-state index is 0.862. The minimum Gasteiger partial charge on any atom is -0.366 e. The highest BCUT2D eigenvalue weighted by atomic mass is 35.5. The van der Waals surface area contributed by atoms with Crippen LogP contribution in [0.5, 0.6) is 0 Å². The largest absolute Gasteiger partial charge is 0.366 e. The van der Waals surface area contributed by atoms with Crippen LogP contribution in [0, 0.1) is 13.8 Å². The van der Waals surface area contributed by atoms with Crippen molar-refractivity contribution in [1.29, 1.82) is 0 Å². The van der Waals surface area contributed by atoms with Crippen LogP contribution in [0.1, 0.15) is 17.0 Å². The van der Waals surface area contributed by atoms with E-state index in [9.17, 15) is 0 Å². The lowest BCUT2D eigenvalue weighted by Gasteiger charge is -2.36. The first kappa shape index (κ1) is 14.4. The second-order valence-electron chi connectivity index (χ2n) is 5.64. The lowest BCUT2D eigenvalue weighted by atomic mass is 10.2. The Morgan fingerprint density at radius 2 is 1.86 bits per heavy atom. The molecule has 3 rings (SSSR count). The van der Waals surface area contributed by atoms with Crippen molar-refractivity contribution in [3.05, 3.63) is 46.2 Å². The summed E-state index contributed by atoms with van der Waals surface area (Å²) in [7, 11) is 0. The van der Waals surface area contributed by atoms with Gasteiger partial charge in [-0.05, 0) is 25.5 Å². The van der Waals surface area contributed by atoms with Crippen LogP contribution < -0.4 is 4.90 Å². The number of halogens is 1. The van der Waals surface area contributed by atoms with Gasteiger partial charge in [0, 0.05) is 37.7 Å². The van der Waals surface area contributed by atoms with Crippen LogP contribution in [0.15, 0.2) is 24.3 Å². The zero-order valence-electron chi connectivity index (χ0n) is 12.6. The summed E-state index contributed by atoms with van der Waals surface area (Å²) in [6, 6.07) is 8.11. The van der Waals surface area contributed by atoms with E-state index in [0.29, 0.717) is 0 Å². The SMILES string of the molecule is Cc1n[nH]c(C)c1N1CCN(Cc2ccccc2Cl)CC1. The molecule has 0 spiro atoms. The fraction of sp³-hybridized carbons (Fsp3) is 0.438. The van der Waals surface area contributed by atoms with E-state index in [4.69, 9.17) is 11.6 Å². The highest BCUT2D eigenvalue weighted by Crippen LogP contribution is 2.24. The summed E-state index contributed by atoms with van der Waals surface area (Å²) in [5.41, 5.74) is 4.73. The third-order valence-electron chi connectivity index (χ3n) is 4.13. The average molecular weight is 305 g/mol. The van der Waals surface area contributed by atoms with E-state index < -0.39 is 0 Å². The molecule has 0 unspecified atom stereocenters. The van der Waals surface area contributed by atoms with Gasteiger partial charge in [0.25, 0.3) is 0 Å². The molecule has 0 saturated carbocycles. The normalized spacial score (nSPS) is 16.4. The number of anilines is 1. The van der Waals surface area contributed by atoms with Crippen molar-refractivity contribution < 1.29 is 0 Å². The molecule has 0 atom stereocenters. The van der Waals surface area contributed by atoms with Crippen LogP contribution in [-0.2, 0) is 6.54 Å². The third-order valence-corrected chi connectivity index (χ3v) is 4.50. The van der Waals surface area contributed by atoms with Crippen LogP contribution >= 0.6 is 11.6 Å². The summed E-state index contributed by atoms with van der Waals surface area (Å²) in [5, 5.41) is 8.22. The Labute approximate surface area is 130 Å². The number of aromatic amines is 1. The molecule has 0 amide bonds. The summed E-state index contributed by atoms with van der Waals surface area (Å²) in [4.78, 5) is 4.89. The van der Waals surface area contributed by atoms with Crippen LogP contribution in [0.4, 0.5) is 5.69 Å². The third kappa shape index (κ3) is 3.06. The Balaban J connectivity index is 1.62. The molecule has 1 aliphatic rings. The van der Waals surface area contributed by atoms with Crippen molar-refractivity contribution in [2.45, 2.75) is 20.4 Å². The molecule has 112 valence electrons. The predicted octanol–water partition coefficient (Wildman–Crippen LogP) is 3.00. The Hall–Kier alpha value is -1.52. The van der Waals surface area contributed by atoms with E-state index in [0.717, 1.165) is 49.1 Å². The molecule has 5 heteroatoms. The number of H-pyrrole nitrogens is 1.